The molecule has 2 atom stereocenters. The number of ether oxygens (including phenoxy) is 1. The first-order valence-electron chi connectivity index (χ1n) is 7.57. The molecule has 1 rings (SSSR count). The van der Waals surface area contributed by atoms with E-state index < -0.39 is 5.60 Å². The molecule has 0 aliphatic carbocycles. The van der Waals surface area contributed by atoms with E-state index in [0.29, 0.717) is 19.5 Å². The van der Waals surface area contributed by atoms with Crippen molar-refractivity contribution in [2.75, 3.05) is 24.6 Å². The molecule has 2 unspecified atom stereocenters. The molecule has 0 aromatic carbocycles. The lowest BCUT2D eigenvalue weighted by atomic mass is 9.91. The molecule has 0 spiro atoms. The van der Waals surface area contributed by atoms with Gasteiger partial charge >= 0.3 is 6.09 Å². The second-order valence-electron chi connectivity index (χ2n) is 6.38. The van der Waals surface area contributed by atoms with Gasteiger partial charge in [-0.25, -0.2) is 4.79 Å². The molecule has 5 heteroatoms. The Balaban J connectivity index is 2.42. The number of thioether (sulfide) groups is 1. The lowest BCUT2D eigenvalue weighted by molar-refractivity contribution is -0.00998. The minimum absolute atomic E-state index is 0.189. The third-order valence-electron chi connectivity index (χ3n) is 3.41. The Hall–Kier alpha value is -0.420. The maximum atomic E-state index is 12.1. The molecule has 118 valence electrons. The van der Waals surface area contributed by atoms with Gasteiger partial charge in [-0.1, -0.05) is 6.92 Å². The number of hydrogen-bond acceptors (Lipinski definition) is 4. The molecule has 20 heavy (non-hydrogen) atoms. The summed E-state index contributed by atoms with van der Waals surface area (Å²) in [5.41, 5.74) is -0.458. The summed E-state index contributed by atoms with van der Waals surface area (Å²) in [4.78, 5) is 13.8. The summed E-state index contributed by atoms with van der Waals surface area (Å²) in [5.74, 6) is 2.46. The number of piperidine rings is 1. The molecule has 0 bridgehead atoms. The quantitative estimate of drug-likeness (QED) is 0.793. The normalized spacial score (nSPS) is 23.8. The van der Waals surface area contributed by atoms with Crippen molar-refractivity contribution in [3.05, 3.63) is 0 Å². The maximum absolute atomic E-state index is 12.1. The van der Waals surface area contributed by atoms with Gasteiger partial charge in [0.2, 0.25) is 0 Å². The third kappa shape index (κ3) is 6.35. The van der Waals surface area contributed by atoms with Crippen molar-refractivity contribution in [1.29, 1.82) is 0 Å². The van der Waals surface area contributed by atoms with Crippen molar-refractivity contribution in [3.63, 3.8) is 0 Å². The van der Waals surface area contributed by atoms with Gasteiger partial charge in [0.25, 0.3) is 0 Å². The van der Waals surface area contributed by atoms with E-state index in [1.165, 1.54) is 0 Å². The zero-order valence-electron chi connectivity index (χ0n) is 13.2. The van der Waals surface area contributed by atoms with Gasteiger partial charge in [0, 0.05) is 19.0 Å². The maximum Gasteiger partial charge on any atom is 0.410 e. The summed E-state index contributed by atoms with van der Waals surface area (Å²) < 4.78 is 5.41. The van der Waals surface area contributed by atoms with Gasteiger partial charge in [0.05, 0.1) is 6.10 Å². The van der Waals surface area contributed by atoms with Crippen LogP contribution in [0.15, 0.2) is 0 Å². The fourth-order valence-corrected chi connectivity index (χ4v) is 3.05. The molecule has 1 heterocycles. The van der Waals surface area contributed by atoms with Crippen LogP contribution in [0, 0.1) is 5.92 Å². The van der Waals surface area contributed by atoms with E-state index in [1.807, 2.05) is 32.5 Å². The lowest BCUT2D eigenvalue weighted by Crippen LogP contribution is -2.47. The Kier molecular flexibility index (Phi) is 7.17. The molecule has 1 fully saturated rings. The van der Waals surface area contributed by atoms with Gasteiger partial charge in [0.1, 0.15) is 5.60 Å². The summed E-state index contributed by atoms with van der Waals surface area (Å²) in [6.07, 6.45) is 2.21. The first-order valence-corrected chi connectivity index (χ1v) is 8.72. The number of hydrogen-bond donors (Lipinski definition) is 1. The number of carbonyl (C=O) groups excluding carboxylic acids is 1. The predicted molar refractivity (Wildman–Crippen MR) is 84.2 cm³/mol. The second kappa shape index (κ2) is 8.13. The van der Waals surface area contributed by atoms with Crippen LogP contribution in [0.25, 0.3) is 0 Å². The summed E-state index contributed by atoms with van der Waals surface area (Å²) in [6, 6.07) is 0. The predicted octanol–water partition coefficient (Wildman–Crippen LogP) is 3.14. The number of aliphatic hydroxyl groups excluding tert-OH is 1. The third-order valence-corrected chi connectivity index (χ3v) is 4.40. The molecule has 1 saturated heterocycles. The zero-order valence-corrected chi connectivity index (χ0v) is 14.0. The van der Waals surface area contributed by atoms with Crippen molar-refractivity contribution >= 4 is 17.9 Å². The molecular weight excluding hydrogens is 274 g/mol. The molecule has 0 aromatic rings. The van der Waals surface area contributed by atoms with Crippen LogP contribution in [0.4, 0.5) is 4.79 Å². The molecule has 0 radical (unpaired) electrons. The molecule has 1 aliphatic rings. The molecule has 1 N–H and O–H groups in total. The van der Waals surface area contributed by atoms with Crippen LogP contribution >= 0.6 is 11.8 Å². The smallest absolute Gasteiger partial charge is 0.410 e. The number of aliphatic hydroxyl groups is 1. The second-order valence-corrected chi connectivity index (χ2v) is 7.78. The van der Waals surface area contributed by atoms with Gasteiger partial charge in [-0.2, -0.15) is 11.8 Å². The van der Waals surface area contributed by atoms with E-state index in [9.17, 15) is 9.90 Å². The summed E-state index contributed by atoms with van der Waals surface area (Å²) >= 11 is 1.93. The molecule has 1 amide bonds. The first kappa shape index (κ1) is 17.6. The number of nitrogens with zero attached hydrogens (tertiary/aromatic N) is 1. The molecule has 0 aromatic heterocycles. The van der Waals surface area contributed by atoms with Crippen LogP contribution in [0.2, 0.25) is 0 Å². The van der Waals surface area contributed by atoms with Gasteiger partial charge in [0.15, 0.2) is 0 Å². The monoisotopic (exact) mass is 303 g/mol. The van der Waals surface area contributed by atoms with Crippen LogP contribution in [-0.2, 0) is 4.74 Å². The highest BCUT2D eigenvalue weighted by atomic mass is 32.2. The van der Waals surface area contributed by atoms with Crippen LogP contribution < -0.4 is 0 Å². The average molecular weight is 303 g/mol. The molecular formula is C15H29NO3S. The topological polar surface area (TPSA) is 49.8 Å². The van der Waals surface area contributed by atoms with Crippen molar-refractivity contribution in [1.82, 2.24) is 4.90 Å². The van der Waals surface area contributed by atoms with Gasteiger partial charge in [-0.15, -0.1) is 0 Å². The van der Waals surface area contributed by atoms with E-state index in [2.05, 4.69) is 6.92 Å². The van der Waals surface area contributed by atoms with E-state index >= 15 is 0 Å². The highest BCUT2D eigenvalue weighted by Crippen LogP contribution is 2.24. The lowest BCUT2D eigenvalue weighted by Gasteiger charge is -2.37. The largest absolute Gasteiger partial charge is 0.444 e. The molecule has 4 nitrogen and oxygen atoms in total. The van der Waals surface area contributed by atoms with Crippen molar-refractivity contribution in [2.45, 2.75) is 58.7 Å². The van der Waals surface area contributed by atoms with Gasteiger partial charge < -0.3 is 14.7 Å². The number of carbonyl (C=O) groups is 1. The van der Waals surface area contributed by atoms with Crippen molar-refractivity contribution in [3.8, 4) is 0 Å². The Morgan fingerprint density at radius 3 is 2.75 bits per heavy atom. The highest BCUT2D eigenvalue weighted by Gasteiger charge is 2.32. The van der Waals surface area contributed by atoms with E-state index in [4.69, 9.17) is 4.74 Å². The number of likely N-dealkylation sites (tertiary alicyclic amines) is 1. The Morgan fingerprint density at radius 2 is 2.15 bits per heavy atom. The van der Waals surface area contributed by atoms with Gasteiger partial charge in [-0.05, 0) is 51.5 Å². The standard InChI is InChI=1S/C15H29NO3S/c1-5-20-10-6-7-12-11-16(9-8-13(12)17)14(18)19-15(2,3)4/h12-13,17H,5-11H2,1-4H3. The van der Waals surface area contributed by atoms with Crippen LogP contribution in [0.3, 0.4) is 0 Å². The van der Waals surface area contributed by atoms with Crippen molar-refractivity contribution in [2.24, 2.45) is 5.92 Å². The summed E-state index contributed by atoms with van der Waals surface area (Å²) in [5, 5.41) is 10.1. The molecule has 1 aliphatic heterocycles. The van der Waals surface area contributed by atoms with Crippen LogP contribution in [0.1, 0.15) is 47.0 Å². The number of rotatable bonds is 5. The van der Waals surface area contributed by atoms with Crippen molar-refractivity contribution < 1.29 is 14.6 Å². The highest BCUT2D eigenvalue weighted by molar-refractivity contribution is 7.99. The minimum Gasteiger partial charge on any atom is -0.444 e. The van der Waals surface area contributed by atoms with E-state index in [0.717, 1.165) is 24.3 Å². The summed E-state index contributed by atoms with van der Waals surface area (Å²) in [7, 11) is 0. The Bertz CT molecular complexity index is 304. The minimum atomic E-state index is -0.458. The van der Waals surface area contributed by atoms with Crippen LogP contribution in [0.5, 0.6) is 0 Å². The fourth-order valence-electron chi connectivity index (χ4n) is 2.39. The number of amides is 1. The zero-order chi connectivity index (χ0) is 15.2. The molecule has 0 saturated carbocycles. The van der Waals surface area contributed by atoms with E-state index in [-0.39, 0.29) is 18.1 Å². The first-order chi connectivity index (χ1) is 9.33. The SMILES string of the molecule is CCSCCCC1CN(C(=O)OC(C)(C)C)CCC1O. The average Bonchev–Trinajstić information content (AvgIpc) is 2.34. The van der Waals surface area contributed by atoms with Gasteiger partial charge in [-0.3, -0.25) is 0 Å². The van der Waals surface area contributed by atoms with Crippen LogP contribution in [-0.4, -0.2) is 52.4 Å². The Morgan fingerprint density at radius 1 is 1.45 bits per heavy atom. The Labute approximate surface area is 127 Å². The fraction of sp³-hybridized carbons (Fsp3) is 0.933. The van der Waals surface area contributed by atoms with E-state index in [1.54, 1.807) is 4.90 Å². The summed E-state index contributed by atoms with van der Waals surface area (Å²) in [6.45, 7) is 9.00.